The Morgan fingerprint density at radius 1 is 1.05 bits per heavy atom. The topological polar surface area (TPSA) is 29.5 Å². The summed E-state index contributed by atoms with van der Waals surface area (Å²) in [5.41, 5.74) is 1.88. The van der Waals surface area contributed by atoms with Crippen LogP contribution in [0.25, 0.3) is 11.1 Å². The first-order valence-electron chi connectivity index (χ1n) is 6.96. The lowest BCUT2D eigenvalue weighted by atomic mass is 9.96. The van der Waals surface area contributed by atoms with E-state index in [-0.39, 0.29) is 11.2 Å². The highest BCUT2D eigenvalue weighted by Gasteiger charge is 2.15. The largest absolute Gasteiger partial charge is 0.508 e. The quantitative estimate of drug-likeness (QED) is 0.836. The summed E-state index contributed by atoms with van der Waals surface area (Å²) in [6.07, 6.45) is 0. The van der Waals surface area contributed by atoms with E-state index in [2.05, 4.69) is 25.7 Å². The SMILES string of the molecule is CC#CC(C)(C)COc1ccc(-c2cccc(O)c2)cc1. The van der Waals surface area contributed by atoms with Gasteiger partial charge >= 0.3 is 0 Å². The van der Waals surface area contributed by atoms with Crippen molar-refractivity contribution >= 4 is 0 Å². The monoisotopic (exact) mass is 280 g/mol. The average Bonchev–Trinajstić information content (AvgIpc) is 2.46. The van der Waals surface area contributed by atoms with Crippen LogP contribution in [0, 0.1) is 17.3 Å². The Morgan fingerprint density at radius 2 is 1.76 bits per heavy atom. The summed E-state index contributed by atoms with van der Waals surface area (Å²) >= 11 is 0. The van der Waals surface area contributed by atoms with Crippen molar-refractivity contribution in [2.24, 2.45) is 5.41 Å². The van der Waals surface area contributed by atoms with Crippen molar-refractivity contribution in [3.8, 4) is 34.5 Å². The highest BCUT2D eigenvalue weighted by atomic mass is 16.5. The van der Waals surface area contributed by atoms with Crippen molar-refractivity contribution in [3.63, 3.8) is 0 Å². The lowest BCUT2D eigenvalue weighted by Crippen LogP contribution is -2.19. The van der Waals surface area contributed by atoms with Crippen LogP contribution < -0.4 is 4.74 Å². The van der Waals surface area contributed by atoms with Crippen LogP contribution in [-0.2, 0) is 0 Å². The van der Waals surface area contributed by atoms with Crippen LogP contribution in [0.4, 0.5) is 0 Å². The van der Waals surface area contributed by atoms with Crippen molar-refractivity contribution in [1.82, 2.24) is 0 Å². The standard InChI is InChI=1S/C19H20O2/c1-4-12-19(2,3)14-21-18-10-8-15(9-11-18)16-6-5-7-17(20)13-16/h5-11,13,20H,14H2,1-3H3. The summed E-state index contributed by atoms with van der Waals surface area (Å²) in [4.78, 5) is 0. The van der Waals surface area contributed by atoms with Crippen LogP contribution in [0.15, 0.2) is 48.5 Å². The molecule has 0 saturated heterocycles. The summed E-state index contributed by atoms with van der Waals surface area (Å²) in [6, 6.07) is 15.1. The maximum absolute atomic E-state index is 9.52. The number of ether oxygens (including phenoxy) is 1. The highest BCUT2D eigenvalue weighted by molar-refractivity contribution is 5.65. The van der Waals surface area contributed by atoms with E-state index in [0.717, 1.165) is 16.9 Å². The Kier molecular flexibility index (Phi) is 4.55. The highest BCUT2D eigenvalue weighted by Crippen LogP contribution is 2.26. The van der Waals surface area contributed by atoms with Gasteiger partial charge in [0, 0.05) is 0 Å². The van der Waals surface area contributed by atoms with Gasteiger partial charge in [-0.2, -0.15) is 0 Å². The molecule has 0 fully saturated rings. The first kappa shape index (κ1) is 15.0. The van der Waals surface area contributed by atoms with E-state index in [1.165, 1.54) is 0 Å². The van der Waals surface area contributed by atoms with Crippen LogP contribution in [0.5, 0.6) is 11.5 Å². The first-order valence-corrected chi connectivity index (χ1v) is 6.96. The van der Waals surface area contributed by atoms with Crippen LogP contribution in [0.3, 0.4) is 0 Å². The number of phenols is 1. The zero-order valence-corrected chi connectivity index (χ0v) is 12.7. The van der Waals surface area contributed by atoms with Crippen molar-refractivity contribution in [1.29, 1.82) is 0 Å². The van der Waals surface area contributed by atoms with E-state index in [9.17, 15) is 5.11 Å². The zero-order valence-electron chi connectivity index (χ0n) is 12.7. The summed E-state index contributed by atoms with van der Waals surface area (Å²) in [7, 11) is 0. The van der Waals surface area contributed by atoms with Gasteiger partial charge in [0.25, 0.3) is 0 Å². The number of benzene rings is 2. The van der Waals surface area contributed by atoms with Gasteiger partial charge in [-0.25, -0.2) is 0 Å². The van der Waals surface area contributed by atoms with Gasteiger partial charge < -0.3 is 9.84 Å². The van der Waals surface area contributed by atoms with E-state index in [1.807, 2.05) is 43.3 Å². The summed E-state index contributed by atoms with van der Waals surface area (Å²) in [5.74, 6) is 7.15. The average molecular weight is 280 g/mol. The minimum atomic E-state index is -0.154. The minimum absolute atomic E-state index is 0.154. The Morgan fingerprint density at radius 3 is 2.38 bits per heavy atom. The smallest absolute Gasteiger partial charge is 0.119 e. The summed E-state index contributed by atoms with van der Waals surface area (Å²) in [5, 5.41) is 9.52. The van der Waals surface area contributed by atoms with Crippen molar-refractivity contribution in [3.05, 3.63) is 48.5 Å². The maximum Gasteiger partial charge on any atom is 0.119 e. The van der Waals surface area contributed by atoms with Gasteiger partial charge in [-0.3, -0.25) is 0 Å². The van der Waals surface area contributed by atoms with Gasteiger partial charge in [-0.15, -0.1) is 5.92 Å². The van der Waals surface area contributed by atoms with E-state index < -0.39 is 0 Å². The molecule has 0 unspecified atom stereocenters. The van der Waals surface area contributed by atoms with E-state index >= 15 is 0 Å². The second-order valence-electron chi connectivity index (χ2n) is 5.62. The fourth-order valence-electron chi connectivity index (χ4n) is 2.07. The number of rotatable bonds is 4. The molecule has 2 aromatic carbocycles. The second kappa shape index (κ2) is 6.37. The summed E-state index contributed by atoms with van der Waals surface area (Å²) < 4.78 is 5.79. The molecule has 0 saturated carbocycles. The van der Waals surface area contributed by atoms with Crippen LogP contribution >= 0.6 is 0 Å². The number of hydrogen-bond donors (Lipinski definition) is 1. The lowest BCUT2D eigenvalue weighted by molar-refractivity contribution is 0.229. The van der Waals surface area contributed by atoms with Gasteiger partial charge in [0.2, 0.25) is 0 Å². The molecule has 0 aliphatic heterocycles. The molecule has 0 radical (unpaired) electrons. The van der Waals surface area contributed by atoms with Gasteiger partial charge in [-0.1, -0.05) is 30.2 Å². The molecule has 0 heterocycles. The molecule has 0 aliphatic carbocycles. The molecule has 2 heteroatoms. The molecule has 0 amide bonds. The Hall–Kier alpha value is -2.40. The Balaban J connectivity index is 2.07. The van der Waals surface area contributed by atoms with Gasteiger partial charge in [0.15, 0.2) is 0 Å². The van der Waals surface area contributed by atoms with E-state index in [4.69, 9.17) is 4.74 Å². The first-order chi connectivity index (χ1) is 10.00. The molecule has 2 nitrogen and oxygen atoms in total. The number of hydrogen-bond acceptors (Lipinski definition) is 2. The van der Waals surface area contributed by atoms with Gasteiger partial charge in [0.1, 0.15) is 18.1 Å². The molecule has 2 aromatic rings. The molecule has 21 heavy (non-hydrogen) atoms. The Bertz CT molecular complexity index is 658. The van der Waals surface area contributed by atoms with Crippen LogP contribution in [0.2, 0.25) is 0 Å². The molecule has 0 bridgehead atoms. The second-order valence-corrected chi connectivity index (χ2v) is 5.62. The van der Waals surface area contributed by atoms with Crippen molar-refractivity contribution in [2.75, 3.05) is 6.61 Å². The van der Waals surface area contributed by atoms with Crippen molar-refractivity contribution in [2.45, 2.75) is 20.8 Å². The van der Waals surface area contributed by atoms with E-state index in [1.54, 1.807) is 12.1 Å². The summed E-state index contributed by atoms with van der Waals surface area (Å²) in [6.45, 7) is 6.51. The third-order valence-electron chi connectivity index (χ3n) is 3.10. The number of phenolic OH excluding ortho intramolecular Hbond substituents is 1. The van der Waals surface area contributed by atoms with Gasteiger partial charge in [0.05, 0.1) is 5.41 Å². The lowest BCUT2D eigenvalue weighted by Gasteiger charge is -2.18. The molecular weight excluding hydrogens is 260 g/mol. The molecule has 0 aliphatic rings. The molecule has 1 N–H and O–H groups in total. The third kappa shape index (κ3) is 4.29. The number of aromatic hydroxyl groups is 1. The molecule has 0 spiro atoms. The predicted molar refractivity (Wildman–Crippen MR) is 86.3 cm³/mol. The van der Waals surface area contributed by atoms with Gasteiger partial charge in [-0.05, 0) is 56.2 Å². The molecule has 0 atom stereocenters. The predicted octanol–water partition coefficient (Wildman–Crippen LogP) is 4.49. The minimum Gasteiger partial charge on any atom is -0.508 e. The third-order valence-corrected chi connectivity index (χ3v) is 3.10. The molecule has 0 aromatic heterocycles. The maximum atomic E-state index is 9.52. The molecule has 2 rings (SSSR count). The fourth-order valence-corrected chi connectivity index (χ4v) is 2.07. The van der Waals surface area contributed by atoms with Crippen LogP contribution in [0.1, 0.15) is 20.8 Å². The molecular formula is C19H20O2. The zero-order chi connectivity index (χ0) is 15.3. The normalized spacial score (nSPS) is 10.6. The molecule has 108 valence electrons. The Labute approximate surface area is 126 Å². The van der Waals surface area contributed by atoms with E-state index in [0.29, 0.717) is 6.61 Å². The van der Waals surface area contributed by atoms with Crippen molar-refractivity contribution < 1.29 is 9.84 Å². The van der Waals surface area contributed by atoms with Crippen LogP contribution in [-0.4, -0.2) is 11.7 Å². The fraction of sp³-hybridized carbons (Fsp3) is 0.263.